The second-order valence-electron chi connectivity index (χ2n) is 11.2. The Morgan fingerprint density at radius 3 is 1.32 bits per heavy atom. The van der Waals surface area contributed by atoms with Gasteiger partial charge in [-0.3, -0.25) is 4.79 Å². The molecule has 0 amide bonds. The third kappa shape index (κ3) is 25.0. The summed E-state index contributed by atoms with van der Waals surface area (Å²) in [5.74, 6) is 0.483. The number of esters is 1. The molecule has 0 N–H and O–H groups in total. The van der Waals surface area contributed by atoms with Gasteiger partial charge in [-0.1, -0.05) is 109 Å². The van der Waals surface area contributed by atoms with Gasteiger partial charge in [0.15, 0.2) is 0 Å². The van der Waals surface area contributed by atoms with Crippen molar-refractivity contribution in [1.29, 1.82) is 0 Å². The Balaban J connectivity index is 5.01. The van der Waals surface area contributed by atoms with Gasteiger partial charge in [-0.25, -0.2) is 0 Å². The highest BCUT2D eigenvalue weighted by Crippen LogP contribution is 2.27. The zero-order chi connectivity index (χ0) is 27.9. The summed E-state index contributed by atoms with van der Waals surface area (Å²) in [6.07, 6.45) is 41.1. The van der Waals surface area contributed by atoms with Crippen LogP contribution in [0.5, 0.6) is 0 Å². The van der Waals surface area contributed by atoms with Gasteiger partial charge in [0.05, 0.1) is 0 Å². The molecule has 38 heavy (non-hydrogen) atoms. The lowest BCUT2D eigenvalue weighted by Crippen LogP contribution is -2.27. The van der Waals surface area contributed by atoms with Crippen molar-refractivity contribution in [2.75, 3.05) is 0 Å². The lowest BCUT2D eigenvalue weighted by atomic mass is 9.88. The van der Waals surface area contributed by atoms with Crippen molar-refractivity contribution in [2.45, 2.75) is 181 Å². The van der Waals surface area contributed by atoms with E-state index in [1.165, 1.54) is 89.9 Å². The Hall–Kier alpha value is -1.31. The first kappa shape index (κ1) is 36.7. The summed E-state index contributed by atoms with van der Waals surface area (Å²) in [6.45, 7) is 8.92. The van der Waals surface area contributed by atoms with Gasteiger partial charge >= 0.3 is 5.97 Å². The molecule has 0 saturated heterocycles. The average molecular weight is 531 g/mol. The van der Waals surface area contributed by atoms with Crippen molar-refractivity contribution >= 4 is 5.97 Å². The number of unbranched alkanes of at least 4 members (excludes halogenated alkanes) is 12. The van der Waals surface area contributed by atoms with Gasteiger partial charge in [0.1, 0.15) is 6.10 Å². The molecule has 0 fully saturated rings. The number of carbonyl (C=O) groups is 1. The third-order valence-electron chi connectivity index (χ3n) is 7.48. The van der Waals surface area contributed by atoms with Gasteiger partial charge in [-0.15, -0.1) is 0 Å². The fourth-order valence-corrected chi connectivity index (χ4v) is 4.96. The van der Waals surface area contributed by atoms with Crippen molar-refractivity contribution < 1.29 is 9.53 Å². The normalized spacial score (nSPS) is 13.7. The van der Waals surface area contributed by atoms with Crippen LogP contribution in [-0.4, -0.2) is 12.1 Å². The van der Waals surface area contributed by atoms with Gasteiger partial charge in [0.25, 0.3) is 0 Å². The largest absolute Gasteiger partial charge is 0.462 e. The minimum atomic E-state index is 0.0143. The fraction of sp³-hybridized carbons (Fsp3) is 0.806. The van der Waals surface area contributed by atoms with E-state index in [1.807, 2.05) is 0 Å². The monoisotopic (exact) mass is 531 g/mol. The highest BCUT2D eigenvalue weighted by Gasteiger charge is 2.24. The van der Waals surface area contributed by atoms with Gasteiger partial charge in [-0.2, -0.15) is 0 Å². The Morgan fingerprint density at radius 1 is 0.500 bits per heavy atom. The molecule has 2 unspecified atom stereocenters. The molecule has 0 aromatic carbocycles. The van der Waals surface area contributed by atoms with Crippen LogP contribution in [0.1, 0.15) is 175 Å². The molecule has 0 aliphatic heterocycles. The second kappa shape index (κ2) is 30.2. The van der Waals surface area contributed by atoms with E-state index in [2.05, 4.69) is 64.2 Å². The number of hydrogen-bond donors (Lipinski definition) is 0. The van der Waals surface area contributed by atoms with Crippen LogP contribution in [0.25, 0.3) is 0 Å². The first-order valence-corrected chi connectivity index (χ1v) is 16.8. The van der Waals surface area contributed by atoms with E-state index in [-0.39, 0.29) is 12.1 Å². The van der Waals surface area contributed by atoms with Gasteiger partial charge in [-0.05, 0) is 102 Å². The summed E-state index contributed by atoms with van der Waals surface area (Å²) >= 11 is 0. The van der Waals surface area contributed by atoms with Crippen molar-refractivity contribution in [1.82, 2.24) is 0 Å². The highest BCUT2D eigenvalue weighted by molar-refractivity contribution is 5.69. The van der Waals surface area contributed by atoms with Crippen LogP contribution in [-0.2, 0) is 9.53 Å². The number of carbonyl (C=O) groups excluding carboxylic acids is 1. The van der Waals surface area contributed by atoms with Crippen LogP contribution in [0.3, 0.4) is 0 Å². The van der Waals surface area contributed by atoms with E-state index in [1.54, 1.807) is 0 Å². The summed E-state index contributed by atoms with van der Waals surface area (Å²) < 4.78 is 6.20. The Labute approximate surface area is 239 Å². The van der Waals surface area contributed by atoms with Crippen LogP contribution < -0.4 is 0 Å². The first-order chi connectivity index (χ1) is 18.7. The van der Waals surface area contributed by atoms with Gasteiger partial charge in [0.2, 0.25) is 0 Å². The van der Waals surface area contributed by atoms with Crippen molar-refractivity contribution in [3.63, 3.8) is 0 Å². The lowest BCUT2D eigenvalue weighted by Gasteiger charge is -2.27. The highest BCUT2D eigenvalue weighted by atomic mass is 16.5. The molecule has 0 aromatic heterocycles. The van der Waals surface area contributed by atoms with Gasteiger partial charge < -0.3 is 4.74 Å². The molecule has 0 aromatic rings. The summed E-state index contributed by atoms with van der Waals surface area (Å²) in [5.41, 5.74) is 0. The first-order valence-electron chi connectivity index (χ1n) is 16.8. The van der Waals surface area contributed by atoms with Crippen molar-refractivity contribution in [3.8, 4) is 0 Å². The topological polar surface area (TPSA) is 26.3 Å². The number of hydrogen-bond acceptors (Lipinski definition) is 2. The van der Waals surface area contributed by atoms with E-state index in [0.717, 1.165) is 51.4 Å². The molecule has 0 spiro atoms. The lowest BCUT2D eigenvalue weighted by molar-refractivity contribution is -0.152. The van der Waals surface area contributed by atoms with Crippen LogP contribution in [0.4, 0.5) is 0 Å². The standard InChI is InChI=1S/C36H66O2/c1-5-9-13-16-19-22-24-27-30-34(31-28-25-23-20-17-14-10-6-2)35(38-36(37)33-12-8-4)32-29-26-21-18-15-11-7-3/h19-23,26,34-35H,5-18,24-25,27-33H2,1-4H3/b22-19-,23-20?,26-21?. The molecule has 0 radical (unpaired) electrons. The maximum atomic E-state index is 12.7. The zero-order valence-corrected chi connectivity index (χ0v) is 26.2. The molecule has 0 rings (SSSR count). The van der Waals surface area contributed by atoms with E-state index in [0.29, 0.717) is 12.3 Å². The molecule has 0 heterocycles. The second-order valence-corrected chi connectivity index (χ2v) is 11.2. The van der Waals surface area contributed by atoms with Gasteiger partial charge in [0, 0.05) is 6.42 Å². The predicted molar refractivity (Wildman–Crippen MR) is 170 cm³/mol. The summed E-state index contributed by atoms with van der Waals surface area (Å²) in [5, 5.41) is 0. The van der Waals surface area contributed by atoms with E-state index < -0.39 is 0 Å². The minimum absolute atomic E-state index is 0.0143. The van der Waals surface area contributed by atoms with Crippen LogP contribution >= 0.6 is 0 Å². The molecule has 2 nitrogen and oxygen atoms in total. The third-order valence-corrected chi connectivity index (χ3v) is 7.48. The van der Waals surface area contributed by atoms with Crippen LogP contribution in [0, 0.1) is 5.92 Å². The van der Waals surface area contributed by atoms with Crippen LogP contribution in [0.2, 0.25) is 0 Å². The fourth-order valence-electron chi connectivity index (χ4n) is 4.96. The molecular formula is C36H66O2. The molecule has 2 heteroatoms. The molecule has 0 bridgehead atoms. The maximum Gasteiger partial charge on any atom is 0.306 e. The summed E-state index contributed by atoms with van der Waals surface area (Å²) in [6, 6.07) is 0. The van der Waals surface area contributed by atoms with Crippen molar-refractivity contribution in [2.24, 2.45) is 5.92 Å². The quantitative estimate of drug-likeness (QED) is 0.0571. The number of allylic oxidation sites excluding steroid dienone is 6. The molecule has 0 saturated carbocycles. The van der Waals surface area contributed by atoms with E-state index in [9.17, 15) is 4.79 Å². The number of rotatable bonds is 28. The number of ether oxygens (including phenoxy) is 1. The Kier molecular flexibility index (Phi) is 29.2. The minimum Gasteiger partial charge on any atom is -0.462 e. The predicted octanol–water partition coefficient (Wildman–Crippen LogP) is 12.2. The van der Waals surface area contributed by atoms with Crippen molar-refractivity contribution in [3.05, 3.63) is 36.5 Å². The van der Waals surface area contributed by atoms with Crippen LogP contribution in [0.15, 0.2) is 36.5 Å². The smallest absolute Gasteiger partial charge is 0.306 e. The Bertz CT molecular complexity index is 548. The molecule has 2 atom stereocenters. The summed E-state index contributed by atoms with van der Waals surface area (Å²) in [4.78, 5) is 12.7. The average Bonchev–Trinajstić information content (AvgIpc) is 2.92. The van der Waals surface area contributed by atoms with E-state index >= 15 is 0 Å². The molecule has 222 valence electrons. The van der Waals surface area contributed by atoms with E-state index in [4.69, 9.17) is 4.74 Å². The Morgan fingerprint density at radius 2 is 0.895 bits per heavy atom. The zero-order valence-electron chi connectivity index (χ0n) is 26.2. The maximum absolute atomic E-state index is 12.7. The summed E-state index contributed by atoms with van der Waals surface area (Å²) in [7, 11) is 0. The molecular weight excluding hydrogens is 464 g/mol. The molecule has 0 aliphatic carbocycles. The molecule has 0 aliphatic rings. The SMILES string of the molecule is CCCCCC=CCCCC(CCC/C=C\CCCCC)C(CCC=CCCCCC)OC(=O)CCCC.